The van der Waals surface area contributed by atoms with Crippen LogP contribution < -0.4 is 10.2 Å². The predicted octanol–water partition coefficient (Wildman–Crippen LogP) is 3.87. The number of likely N-dealkylation sites (N-methyl/N-ethyl adjacent to an activating group) is 1. The maximum atomic E-state index is 12.8. The topological polar surface area (TPSA) is 66.5 Å². The highest BCUT2D eigenvalue weighted by molar-refractivity contribution is 7.92. The van der Waals surface area contributed by atoms with Crippen molar-refractivity contribution in [2.75, 3.05) is 23.3 Å². The first-order valence-corrected chi connectivity index (χ1v) is 11.0. The van der Waals surface area contributed by atoms with E-state index in [0.29, 0.717) is 17.1 Å². The second-order valence-electron chi connectivity index (χ2n) is 6.88. The number of para-hydroxylation sites is 1. The summed E-state index contributed by atoms with van der Waals surface area (Å²) in [4.78, 5) is 14.7. The molecule has 0 aliphatic heterocycles. The van der Waals surface area contributed by atoms with Gasteiger partial charge in [0.1, 0.15) is 0 Å². The van der Waals surface area contributed by atoms with Gasteiger partial charge in [0.2, 0.25) is 5.91 Å². The number of sulfone groups is 1. The van der Waals surface area contributed by atoms with E-state index in [4.69, 9.17) is 0 Å². The van der Waals surface area contributed by atoms with Crippen molar-refractivity contribution in [1.82, 2.24) is 0 Å². The lowest BCUT2D eigenvalue weighted by Crippen LogP contribution is -2.33. The Morgan fingerprint density at radius 2 is 1.78 bits per heavy atom. The van der Waals surface area contributed by atoms with Crippen LogP contribution in [0.4, 0.5) is 11.4 Å². The first kappa shape index (κ1) is 19.4. The molecule has 6 heteroatoms. The van der Waals surface area contributed by atoms with Crippen molar-refractivity contribution in [3.8, 4) is 0 Å². The van der Waals surface area contributed by atoms with Crippen LogP contribution in [-0.2, 0) is 14.6 Å². The lowest BCUT2D eigenvalue weighted by atomic mass is 10.2. The number of carbonyl (C=O) groups is 1. The van der Waals surface area contributed by atoms with Crippen molar-refractivity contribution in [3.63, 3.8) is 0 Å². The molecule has 1 saturated carbocycles. The smallest absolute Gasteiger partial charge is 0.243 e. The van der Waals surface area contributed by atoms with Gasteiger partial charge in [0.15, 0.2) is 9.84 Å². The van der Waals surface area contributed by atoms with Crippen molar-refractivity contribution >= 4 is 27.1 Å². The molecule has 0 radical (unpaired) electrons. The van der Waals surface area contributed by atoms with E-state index in [1.54, 1.807) is 24.3 Å². The van der Waals surface area contributed by atoms with Gasteiger partial charge in [-0.15, -0.1) is 0 Å². The molecule has 0 unspecified atom stereocenters. The zero-order chi connectivity index (χ0) is 19.3. The molecule has 2 aromatic rings. The molecule has 1 amide bonds. The fraction of sp³-hybridized carbons (Fsp3) is 0.381. The second kappa shape index (κ2) is 8.57. The number of benzene rings is 2. The molecule has 0 bridgehead atoms. The van der Waals surface area contributed by atoms with E-state index in [-0.39, 0.29) is 17.7 Å². The molecule has 1 fully saturated rings. The maximum absolute atomic E-state index is 12.8. The Hall–Kier alpha value is -2.34. The minimum absolute atomic E-state index is 0.170. The highest BCUT2D eigenvalue weighted by atomic mass is 32.2. The number of nitrogens with one attached hydrogen (secondary N) is 1. The van der Waals surface area contributed by atoms with Crippen molar-refractivity contribution in [1.29, 1.82) is 0 Å². The molecule has 3 rings (SSSR count). The van der Waals surface area contributed by atoms with Gasteiger partial charge in [-0.2, -0.15) is 0 Å². The van der Waals surface area contributed by atoms with Crippen molar-refractivity contribution in [2.24, 2.45) is 0 Å². The zero-order valence-corrected chi connectivity index (χ0v) is 16.4. The van der Waals surface area contributed by atoms with E-state index in [0.717, 1.165) is 31.4 Å². The lowest BCUT2D eigenvalue weighted by molar-refractivity contribution is -0.115. The van der Waals surface area contributed by atoms with Crippen LogP contribution in [0.3, 0.4) is 0 Å². The van der Waals surface area contributed by atoms with Crippen LogP contribution >= 0.6 is 0 Å². The van der Waals surface area contributed by atoms with Gasteiger partial charge >= 0.3 is 0 Å². The normalized spacial score (nSPS) is 14.9. The SMILES string of the molecule is CCN(CC(=O)Nc1cccc(S(=O)(=O)C2CCCC2)c1)c1ccccc1. The average Bonchev–Trinajstić information content (AvgIpc) is 3.23. The molecule has 2 aromatic carbocycles. The zero-order valence-electron chi connectivity index (χ0n) is 15.6. The molecule has 0 heterocycles. The van der Waals surface area contributed by atoms with Crippen LogP contribution in [0.5, 0.6) is 0 Å². The van der Waals surface area contributed by atoms with Crippen molar-refractivity contribution in [2.45, 2.75) is 42.8 Å². The van der Waals surface area contributed by atoms with Gasteiger partial charge < -0.3 is 10.2 Å². The number of amides is 1. The van der Waals surface area contributed by atoms with Gasteiger partial charge in [0.25, 0.3) is 0 Å². The fourth-order valence-electron chi connectivity index (χ4n) is 3.54. The third-order valence-electron chi connectivity index (χ3n) is 5.02. The maximum Gasteiger partial charge on any atom is 0.243 e. The van der Waals surface area contributed by atoms with Crippen LogP contribution in [-0.4, -0.2) is 32.7 Å². The van der Waals surface area contributed by atoms with E-state index < -0.39 is 9.84 Å². The third-order valence-corrected chi connectivity index (χ3v) is 7.28. The highest BCUT2D eigenvalue weighted by Crippen LogP contribution is 2.30. The molecular weight excluding hydrogens is 360 g/mol. The van der Waals surface area contributed by atoms with Gasteiger partial charge in [0, 0.05) is 17.9 Å². The molecule has 1 aliphatic rings. The number of anilines is 2. The number of rotatable bonds is 7. The summed E-state index contributed by atoms with van der Waals surface area (Å²) in [7, 11) is -3.33. The monoisotopic (exact) mass is 386 g/mol. The average molecular weight is 387 g/mol. The fourth-order valence-corrected chi connectivity index (χ4v) is 5.44. The molecule has 0 saturated heterocycles. The number of hydrogen-bond donors (Lipinski definition) is 1. The Bertz CT molecular complexity index is 875. The van der Waals surface area contributed by atoms with Gasteiger partial charge in [-0.1, -0.05) is 37.1 Å². The molecule has 144 valence electrons. The minimum atomic E-state index is -3.33. The van der Waals surface area contributed by atoms with Crippen LogP contribution in [0.15, 0.2) is 59.5 Å². The van der Waals surface area contributed by atoms with Gasteiger partial charge in [-0.25, -0.2) is 8.42 Å². The third kappa shape index (κ3) is 4.69. The quantitative estimate of drug-likeness (QED) is 0.784. The van der Waals surface area contributed by atoms with Gasteiger partial charge in [-0.3, -0.25) is 4.79 Å². The molecule has 1 N–H and O–H groups in total. The largest absolute Gasteiger partial charge is 0.362 e. The minimum Gasteiger partial charge on any atom is -0.362 e. The van der Waals surface area contributed by atoms with Gasteiger partial charge in [-0.05, 0) is 50.1 Å². The molecule has 27 heavy (non-hydrogen) atoms. The van der Waals surface area contributed by atoms with Crippen molar-refractivity contribution in [3.05, 3.63) is 54.6 Å². The Morgan fingerprint density at radius 3 is 2.44 bits per heavy atom. The summed E-state index contributed by atoms with van der Waals surface area (Å²) >= 11 is 0. The van der Waals surface area contributed by atoms with E-state index in [9.17, 15) is 13.2 Å². The lowest BCUT2D eigenvalue weighted by Gasteiger charge is -2.22. The first-order valence-electron chi connectivity index (χ1n) is 9.44. The van der Waals surface area contributed by atoms with E-state index >= 15 is 0 Å². The first-order chi connectivity index (χ1) is 13.0. The Kier molecular flexibility index (Phi) is 6.16. The Morgan fingerprint density at radius 1 is 1.07 bits per heavy atom. The van der Waals surface area contributed by atoms with E-state index in [1.807, 2.05) is 42.2 Å². The summed E-state index contributed by atoms with van der Waals surface area (Å²) in [5, 5.41) is 2.54. The summed E-state index contributed by atoms with van der Waals surface area (Å²) in [6.07, 6.45) is 3.38. The number of nitrogens with zero attached hydrogens (tertiary/aromatic N) is 1. The summed E-state index contributed by atoms with van der Waals surface area (Å²) in [6.45, 7) is 2.91. The standard InChI is InChI=1S/C21H26N2O3S/c1-2-23(18-10-4-3-5-11-18)16-21(24)22-17-9-8-14-20(15-17)27(25,26)19-12-6-7-13-19/h3-5,8-11,14-15,19H,2,6-7,12-13,16H2,1H3,(H,22,24). The predicted molar refractivity (Wildman–Crippen MR) is 109 cm³/mol. The van der Waals surface area contributed by atoms with Crippen LogP contribution in [0, 0.1) is 0 Å². The van der Waals surface area contributed by atoms with Crippen LogP contribution in [0.1, 0.15) is 32.6 Å². The number of carbonyl (C=O) groups excluding carboxylic acids is 1. The Labute approximate surface area is 161 Å². The van der Waals surface area contributed by atoms with Gasteiger partial charge in [0.05, 0.1) is 16.7 Å². The molecule has 5 nitrogen and oxygen atoms in total. The molecule has 0 spiro atoms. The summed E-state index contributed by atoms with van der Waals surface area (Å²) in [5.74, 6) is -0.170. The highest BCUT2D eigenvalue weighted by Gasteiger charge is 2.30. The van der Waals surface area contributed by atoms with Crippen LogP contribution in [0.25, 0.3) is 0 Å². The van der Waals surface area contributed by atoms with E-state index in [1.165, 1.54) is 0 Å². The summed E-state index contributed by atoms with van der Waals surface area (Å²) in [5.41, 5.74) is 1.50. The molecule has 1 aliphatic carbocycles. The van der Waals surface area contributed by atoms with E-state index in [2.05, 4.69) is 5.32 Å². The number of hydrogen-bond acceptors (Lipinski definition) is 4. The summed E-state index contributed by atoms with van der Waals surface area (Å²) < 4.78 is 25.5. The molecule has 0 atom stereocenters. The molecular formula is C21H26N2O3S. The Balaban J connectivity index is 1.69. The second-order valence-corrected chi connectivity index (χ2v) is 9.11. The molecule has 0 aromatic heterocycles. The van der Waals surface area contributed by atoms with Crippen LogP contribution in [0.2, 0.25) is 0 Å². The summed E-state index contributed by atoms with van der Waals surface area (Å²) in [6, 6.07) is 16.3. The van der Waals surface area contributed by atoms with Crippen molar-refractivity contribution < 1.29 is 13.2 Å².